The lowest BCUT2D eigenvalue weighted by molar-refractivity contribution is 0.0971. The maximum absolute atomic E-state index is 13.7. The van der Waals surface area contributed by atoms with Gasteiger partial charge in [-0.05, 0) is 53.6 Å². The third-order valence-electron chi connectivity index (χ3n) is 6.31. The SMILES string of the molecule is O=C1c2oc3ccc(Br)cc3c(=O)c2C(c2ccc(OCc3ccccc3)cc2)N1c1ccccc1. The van der Waals surface area contributed by atoms with Gasteiger partial charge in [0.05, 0.1) is 17.0 Å². The maximum Gasteiger partial charge on any atom is 0.295 e. The van der Waals surface area contributed by atoms with Gasteiger partial charge in [-0.1, -0.05) is 76.6 Å². The average Bonchev–Trinajstić information content (AvgIpc) is 3.21. The first-order valence-electron chi connectivity index (χ1n) is 11.5. The highest BCUT2D eigenvalue weighted by Crippen LogP contribution is 2.41. The van der Waals surface area contributed by atoms with Gasteiger partial charge in [-0.2, -0.15) is 0 Å². The first kappa shape index (κ1) is 22.3. The summed E-state index contributed by atoms with van der Waals surface area (Å²) in [6.45, 7) is 0.450. The number of carbonyl (C=O) groups excluding carboxylic acids is 1. The molecule has 0 radical (unpaired) electrons. The number of ether oxygens (including phenoxy) is 1. The number of benzene rings is 4. The monoisotopic (exact) mass is 537 g/mol. The minimum atomic E-state index is -0.627. The van der Waals surface area contributed by atoms with Crippen LogP contribution in [0.2, 0.25) is 0 Å². The van der Waals surface area contributed by atoms with E-state index < -0.39 is 6.04 Å². The molecule has 1 aliphatic heterocycles. The molecule has 0 spiro atoms. The van der Waals surface area contributed by atoms with Crippen LogP contribution >= 0.6 is 15.9 Å². The number of rotatable bonds is 5. The van der Waals surface area contributed by atoms with Crippen molar-refractivity contribution in [1.29, 1.82) is 0 Å². The summed E-state index contributed by atoms with van der Waals surface area (Å²) in [4.78, 5) is 29.0. The summed E-state index contributed by atoms with van der Waals surface area (Å²) in [5.74, 6) is 0.438. The molecule has 1 aliphatic rings. The van der Waals surface area contributed by atoms with Crippen LogP contribution in [0.3, 0.4) is 0 Å². The number of nitrogens with zero attached hydrogens (tertiary/aromatic N) is 1. The summed E-state index contributed by atoms with van der Waals surface area (Å²) in [5, 5.41) is 0.429. The largest absolute Gasteiger partial charge is 0.489 e. The Hall–Kier alpha value is -4.16. The Morgan fingerprint density at radius 2 is 1.53 bits per heavy atom. The molecular formula is C30H20BrNO4. The Morgan fingerprint density at radius 1 is 0.833 bits per heavy atom. The molecule has 0 fully saturated rings. The molecule has 6 heteroatoms. The van der Waals surface area contributed by atoms with E-state index in [1.165, 1.54) is 0 Å². The van der Waals surface area contributed by atoms with E-state index in [2.05, 4.69) is 15.9 Å². The van der Waals surface area contributed by atoms with Crippen LogP contribution in [0.1, 0.15) is 33.3 Å². The highest BCUT2D eigenvalue weighted by atomic mass is 79.9. The highest BCUT2D eigenvalue weighted by molar-refractivity contribution is 9.10. The third kappa shape index (κ3) is 3.89. The van der Waals surface area contributed by atoms with Crippen LogP contribution in [-0.4, -0.2) is 5.91 Å². The van der Waals surface area contributed by atoms with E-state index in [4.69, 9.17) is 9.15 Å². The van der Waals surface area contributed by atoms with Gasteiger partial charge in [0, 0.05) is 10.2 Å². The van der Waals surface area contributed by atoms with Gasteiger partial charge in [-0.3, -0.25) is 14.5 Å². The Labute approximate surface area is 215 Å². The molecule has 4 aromatic carbocycles. The Balaban J connectivity index is 1.44. The number of hydrogen-bond acceptors (Lipinski definition) is 4. The summed E-state index contributed by atoms with van der Waals surface area (Å²) in [6.07, 6.45) is 0. The molecule has 1 atom stereocenters. The zero-order chi connectivity index (χ0) is 24.6. The standard InChI is InChI=1S/C30H20BrNO4/c31-21-13-16-25-24(17-21)28(33)26-27(32(30(34)29(26)36-25)22-9-5-2-6-10-22)20-11-14-23(15-12-20)35-18-19-7-3-1-4-8-19/h1-17,27H,18H2. The smallest absolute Gasteiger partial charge is 0.295 e. The van der Waals surface area contributed by atoms with E-state index in [9.17, 15) is 9.59 Å². The second-order valence-electron chi connectivity index (χ2n) is 8.57. The number of hydrogen-bond donors (Lipinski definition) is 0. The molecule has 0 N–H and O–H groups in total. The second-order valence-corrected chi connectivity index (χ2v) is 9.49. The van der Waals surface area contributed by atoms with Gasteiger partial charge in [-0.15, -0.1) is 0 Å². The average molecular weight is 538 g/mol. The van der Waals surface area contributed by atoms with Crippen LogP contribution in [0, 0.1) is 0 Å². The zero-order valence-electron chi connectivity index (χ0n) is 19.1. The number of halogens is 1. The molecule has 0 saturated carbocycles. The third-order valence-corrected chi connectivity index (χ3v) is 6.80. The number of anilines is 1. The Morgan fingerprint density at radius 3 is 2.25 bits per heavy atom. The highest BCUT2D eigenvalue weighted by Gasteiger charge is 2.43. The van der Waals surface area contributed by atoms with Gasteiger partial charge >= 0.3 is 0 Å². The maximum atomic E-state index is 13.7. The topological polar surface area (TPSA) is 59.8 Å². The zero-order valence-corrected chi connectivity index (χ0v) is 20.6. The number of carbonyl (C=O) groups is 1. The second kappa shape index (κ2) is 9.13. The number of amides is 1. The first-order valence-corrected chi connectivity index (χ1v) is 12.3. The molecule has 1 unspecified atom stereocenters. The van der Waals surface area contributed by atoms with Crippen molar-refractivity contribution >= 4 is 38.5 Å². The lowest BCUT2D eigenvalue weighted by Crippen LogP contribution is -2.29. The predicted molar refractivity (Wildman–Crippen MR) is 142 cm³/mol. The van der Waals surface area contributed by atoms with Crippen LogP contribution in [0.4, 0.5) is 5.69 Å². The van der Waals surface area contributed by atoms with Crippen LogP contribution in [0.25, 0.3) is 11.0 Å². The minimum Gasteiger partial charge on any atom is -0.489 e. The Bertz CT molecular complexity index is 1630. The van der Waals surface area contributed by atoms with Crippen molar-refractivity contribution in [3.63, 3.8) is 0 Å². The molecule has 0 bridgehead atoms. The van der Waals surface area contributed by atoms with Crippen molar-refractivity contribution in [3.05, 3.63) is 140 Å². The van der Waals surface area contributed by atoms with Crippen LogP contribution in [0.5, 0.6) is 5.75 Å². The fourth-order valence-corrected chi connectivity index (χ4v) is 4.96. The van der Waals surface area contributed by atoms with E-state index in [0.29, 0.717) is 34.6 Å². The molecule has 6 rings (SSSR count). The van der Waals surface area contributed by atoms with Crippen LogP contribution in [0.15, 0.2) is 117 Å². The minimum absolute atomic E-state index is 0.0769. The molecular weight excluding hydrogens is 518 g/mol. The quantitative estimate of drug-likeness (QED) is 0.245. The fourth-order valence-electron chi connectivity index (χ4n) is 4.60. The van der Waals surface area contributed by atoms with Crippen molar-refractivity contribution in [1.82, 2.24) is 0 Å². The van der Waals surface area contributed by atoms with Crippen molar-refractivity contribution in [2.24, 2.45) is 0 Å². The predicted octanol–water partition coefficient (Wildman–Crippen LogP) is 6.88. The summed E-state index contributed by atoms with van der Waals surface area (Å²) < 4.78 is 12.7. The lowest BCUT2D eigenvalue weighted by Gasteiger charge is -2.25. The Kier molecular flexibility index (Phi) is 5.66. The molecule has 1 aromatic heterocycles. The van der Waals surface area contributed by atoms with Gasteiger partial charge < -0.3 is 9.15 Å². The van der Waals surface area contributed by atoms with Gasteiger partial charge in [0.1, 0.15) is 17.9 Å². The van der Waals surface area contributed by atoms with E-state index in [-0.39, 0.29) is 17.1 Å². The molecule has 1 amide bonds. The van der Waals surface area contributed by atoms with Crippen LogP contribution < -0.4 is 15.1 Å². The summed E-state index contributed by atoms with van der Waals surface area (Å²) in [6, 6.07) is 31.4. The van der Waals surface area contributed by atoms with E-state index in [1.807, 2.05) is 84.9 Å². The van der Waals surface area contributed by atoms with Crippen molar-refractivity contribution in [2.75, 3.05) is 4.90 Å². The van der Waals surface area contributed by atoms with Gasteiger partial charge in [0.25, 0.3) is 5.91 Å². The number of para-hydroxylation sites is 1. The molecule has 0 saturated heterocycles. The summed E-state index contributed by atoms with van der Waals surface area (Å²) >= 11 is 3.44. The first-order chi connectivity index (χ1) is 17.6. The van der Waals surface area contributed by atoms with Gasteiger partial charge in [0.2, 0.25) is 5.76 Å². The molecule has 2 heterocycles. The van der Waals surface area contributed by atoms with E-state index in [0.717, 1.165) is 15.6 Å². The lowest BCUT2D eigenvalue weighted by atomic mass is 9.98. The van der Waals surface area contributed by atoms with Gasteiger partial charge in [0.15, 0.2) is 5.43 Å². The normalized spacial score (nSPS) is 14.8. The number of fused-ring (bicyclic) bond motifs is 2. The van der Waals surface area contributed by atoms with Gasteiger partial charge in [-0.25, -0.2) is 0 Å². The molecule has 0 aliphatic carbocycles. The van der Waals surface area contributed by atoms with Crippen molar-refractivity contribution in [3.8, 4) is 5.75 Å². The molecule has 36 heavy (non-hydrogen) atoms. The molecule has 5 aromatic rings. The van der Waals surface area contributed by atoms with Crippen molar-refractivity contribution < 1.29 is 13.9 Å². The van der Waals surface area contributed by atoms with E-state index in [1.54, 1.807) is 23.1 Å². The fraction of sp³-hybridized carbons (Fsp3) is 0.0667. The van der Waals surface area contributed by atoms with E-state index >= 15 is 0 Å². The summed E-state index contributed by atoms with van der Waals surface area (Å²) in [5.41, 5.74) is 3.06. The van der Waals surface area contributed by atoms with Crippen molar-refractivity contribution in [2.45, 2.75) is 12.6 Å². The summed E-state index contributed by atoms with van der Waals surface area (Å²) in [7, 11) is 0. The van der Waals surface area contributed by atoms with Crippen LogP contribution in [-0.2, 0) is 6.61 Å². The molecule has 5 nitrogen and oxygen atoms in total. The molecule has 176 valence electrons.